The van der Waals surface area contributed by atoms with Gasteiger partial charge in [-0.15, -0.1) is 0 Å². The molecular formula is C26H20O4. The minimum atomic E-state index is -0.585. The van der Waals surface area contributed by atoms with Crippen LogP contribution in [0.25, 0.3) is 21.5 Å². The molecule has 4 nitrogen and oxygen atoms in total. The summed E-state index contributed by atoms with van der Waals surface area (Å²) >= 11 is 0. The van der Waals surface area contributed by atoms with Crippen molar-refractivity contribution in [1.82, 2.24) is 0 Å². The van der Waals surface area contributed by atoms with E-state index in [-0.39, 0.29) is 11.1 Å². The van der Waals surface area contributed by atoms with Gasteiger partial charge in [0.1, 0.15) is 11.5 Å². The van der Waals surface area contributed by atoms with Crippen molar-refractivity contribution in [1.29, 1.82) is 0 Å². The fraction of sp³-hybridized carbons (Fsp3) is 0.0769. The Morgan fingerprint density at radius 1 is 0.533 bits per heavy atom. The highest BCUT2D eigenvalue weighted by Gasteiger charge is 2.19. The van der Waals surface area contributed by atoms with Crippen LogP contribution in [0.15, 0.2) is 96.1 Å². The van der Waals surface area contributed by atoms with E-state index in [1.54, 1.807) is 26.0 Å². The highest BCUT2D eigenvalue weighted by Crippen LogP contribution is 2.28. The predicted octanol–water partition coefficient (Wildman–Crippen LogP) is 5.84. The van der Waals surface area contributed by atoms with E-state index in [1.165, 1.54) is 0 Å². The maximum atomic E-state index is 12.7. The number of esters is 2. The number of hydrogen-bond donors (Lipinski definition) is 0. The molecule has 148 valence electrons. The van der Waals surface area contributed by atoms with Gasteiger partial charge in [-0.25, -0.2) is 9.59 Å². The highest BCUT2D eigenvalue weighted by molar-refractivity contribution is 6.03. The smallest absolute Gasteiger partial charge is 0.339 e. The molecular weight excluding hydrogens is 376 g/mol. The molecule has 0 aliphatic heterocycles. The minimum Gasteiger partial charge on any atom is -0.423 e. The molecule has 0 atom stereocenters. The van der Waals surface area contributed by atoms with Crippen molar-refractivity contribution in [3.63, 3.8) is 0 Å². The first-order valence-corrected chi connectivity index (χ1v) is 9.62. The van der Waals surface area contributed by atoms with Crippen LogP contribution in [0.3, 0.4) is 0 Å². The number of benzene rings is 4. The second-order valence-corrected chi connectivity index (χ2v) is 6.98. The maximum absolute atomic E-state index is 12.7. The first-order chi connectivity index (χ1) is 14.5. The normalized spacial score (nSPS) is 11.8. The summed E-state index contributed by atoms with van der Waals surface area (Å²) in [5.41, 5.74) is 0.404. The van der Waals surface area contributed by atoms with Crippen LogP contribution in [0.4, 0.5) is 0 Å². The molecule has 0 heterocycles. The zero-order chi connectivity index (χ0) is 21.1. The van der Waals surface area contributed by atoms with E-state index >= 15 is 0 Å². The summed E-state index contributed by atoms with van der Waals surface area (Å²) in [5.74, 6) is -0.266. The van der Waals surface area contributed by atoms with Crippen LogP contribution in [0.2, 0.25) is 0 Å². The molecule has 0 saturated heterocycles. The Labute approximate surface area is 174 Å². The van der Waals surface area contributed by atoms with Crippen LogP contribution in [-0.2, 0) is 9.59 Å². The summed E-state index contributed by atoms with van der Waals surface area (Å²) in [6, 6.07) is 26.3. The summed E-state index contributed by atoms with van der Waals surface area (Å²) in [6.45, 7) is 3.13. The lowest BCUT2D eigenvalue weighted by molar-refractivity contribution is -0.133. The average Bonchev–Trinajstić information content (AvgIpc) is 2.78. The molecule has 0 radical (unpaired) electrons. The highest BCUT2D eigenvalue weighted by atomic mass is 16.5. The van der Waals surface area contributed by atoms with Gasteiger partial charge in [0.25, 0.3) is 0 Å². The van der Waals surface area contributed by atoms with E-state index in [4.69, 9.17) is 9.47 Å². The molecule has 0 bridgehead atoms. The van der Waals surface area contributed by atoms with Crippen LogP contribution in [0, 0.1) is 0 Å². The van der Waals surface area contributed by atoms with Crippen molar-refractivity contribution in [2.45, 2.75) is 13.8 Å². The number of fused-ring (bicyclic) bond motifs is 2. The third-order valence-electron chi connectivity index (χ3n) is 5.08. The van der Waals surface area contributed by atoms with Gasteiger partial charge in [-0.05, 0) is 36.8 Å². The van der Waals surface area contributed by atoms with E-state index in [9.17, 15) is 9.59 Å². The second kappa shape index (κ2) is 8.21. The molecule has 0 fully saturated rings. The molecule has 0 amide bonds. The maximum Gasteiger partial charge on any atom is 0.339 e. The van der Waals surface area contributed by atoms with Crippen molar-refractivity contribution in [3.8, 4) is 11.5 Å². The van der Waals surface area contributed by atoms with Gasteiger partial charge in [-0.2, -0.15) is 0 Å². The quantitative estimate of drug-likeness (QED) is 0.247. The van der Waals surface area contributed by atoms with E-state index in [2.05, 4.69) is 0 Å². The fourth-order valence-corrected chi connectivity index (χ4v) is 3.23. The third kappa shape index (κ3) is 3.80. The van der Waals surface area contributed by atoms with Crippen molar-refractivity contribution in [2.75, 3.05) is 0 Å². The standard InChI is InChI=1S/C26H20O4/c1-17(25(27)29-23-15-7-11-19-9-3-5-13-21(19)23)18(2)26(28)30-24-16-8-12-20-10-4-6-14-22(20)24/h3-16H,1-2H3/b18-17-. The minimum absolute atomic E-state index is 0.202. The number of carbonyl (C=O) groups excluding carboxylic acids is 2. The van der Waals surface area contributed by atoms with Gasteiger partial charge in [0.05, 0.1) is 0 Å². The first-order valence-electron chi connectivity index (χ1n) is 9.62. The molecule has 0 aliphatic carbocycles. The van der Waals surface area contributed by atoms with E-state index < -0.39 is 11.9 Å². The lowest BCUT2D eigenvalue weighted by Crippen LogP contribution is -2.17. The van der Waals surface area contributed by atoms with Crippen LogP contribution in [-0.4, -0.2) is 11.9 Å². The fourth-order valence-electron chi connectivity index (χ4n) is 3.23. The monoisotopic (exact) mass is 396 g/mol. The predicted molar refractivity (Wildman–Crippen MR) is 118 cm³/mol. The summed E-state index contributed by atoms with van der Waals surface area (Å²) < 4.78 is 11.2. The summed E-state index contributed by atoms with van der Waals surface area (Å²) in [4.78, 5) is 25.4. The molecule has 30 heavy (non-hydrogen) atoms. The van der Waals surface area contributed by atoms with Crippen LogP contribution in [0.1, 0.15) is 13.8 Å². The molecule has 0 unspecified atom stereocenters. The zero-order valence-corrected chi connectivity index (χ0v) is 16.7. The van der Waals surface area contributed by atoms with Crippen molar-refractivity contribution >= 4 is 33.5 Å². The Balaban J connectivity index is 1.57. The summed E-state index contributed by atoms with van der Waals surface area (Å²) in [6.07, 6.45) is 0. The van der Waals surface area contributed by atoms with Crippen LogP contribution in [0.5, 0.6) is 11.5 Å². The SMILES string of the molecule is C/C(C(=O)Oc1cccc2ccccc12)=C(\C)C(=O)Oc1cccc2ccccc12. The Kier molecular flexibility index (Phi) is 5.31. The molecule has 0 spiro atoms. The van der Waals surface area contributed by atoms with Crippen molar-refractivity contribution < 1.29 is 19.1 Å². The Hall–Kier alpha value is -3.92. The number of carbonyl (C=O) groups is 2. The molecule has 4 heteroatoms. The van der Waals surface area contributed by atoms with Gasteiger partial charge in [0.15, 0.2) is 0 Å². The average molecular weight is 396 g/mol. The lowest BCUT2D eigenvalue weighted by atomic mass is 10.1. The van der Waals surface area contributed by atoms with Crippen LogP contribution >= 0.6 is 0 Å². The Bertz CT molecular complexity index is 1190. The molecule has 0 N–H and O–H groups in total. The van der Waals surface area contributed by atoms with Gasteiger partial charge in [-0.1, -0.05) is 72.8 Å². The molecule has 4 rings (SSSR count). The second-order valence-electron chi connectivity index (χ2n) is 6.98. The summed E-state index contributed by atoms with van der Waals surface area (Å²) in [7, 11) is 0. The topological polar surface area (TPSA) is 52.6 Å². The lowest BCUT2D eigenvalue weighted by Gasteiger charge is -2.11. The molecule has 0 saturated carbocycles. The van der Waals surface area contributed by atoms with Gasteiger partial charge in [0, 0.05) is 21.9 Å². The number of hydrogen-bond acceptors (Lipinski definition) is 4. The van der Waals surface area contributed by atoms with Crippen molar-refractivity contribution in [3.05, 3.63) is 96.1 Å². The Morgan fingerprint density at radius 2 is 0.900 bits per heavy atom. The zero-order valence-electron chi connectivity index (χ0n) is 16.7. The van der Waals surface area contributed by atoms with E-state index in [1.807, 2.05) is 72.8 Å². The molecule has 0 aliphatic rings. The van der Waals surface area contributed by atoms with Gasteiger partial charge in [0.2, 0.25) is 0 Å². The van der Waals surface area contributed by atoms with Crippen molar-refractivity contribution in [2.24, 2.45) is 0 Å². The molecule has 0 aromatic heterocycles. The van der Waals surface area contributed by atoms with E-state index in [0.717, 1.165) is 21.5 Å². The molecule has 4 aromatic rings. The van der Waals surface area contributed by atoms with Gasteiger partial charge < -0.3 is 9.47 Å². The largest absolute Gasteiger partial charge is 0.423 e. The van der Waals surface area contributed by atoms with Crippen LogP contribution < -0.4 is 9.47 Å². The summed E-state index contributed by atoms with van der Waals surface area (Å²) in [5, 5.41) is 3.60. The van der Waals surface area contributed by atoms with E-state index in [0.29, 0.717) is 11.5 Å². The Morgan fingerprint density at radius 3 is 1.33 bits per heavy atom. The molecule has 4 aromatic carbocycles. The third-order valence-corrected chi connectivity index (χ3v) is 5.08. The van der Waals surface area contributed by atoms with Gasteiger partial charge >= 0.3 is 11.9 Å². The number of rotatable bonds is 4. The number of ether oxygens (including phenoxy) is 2. The first kappa shape index (κ1) is 19.4. The van der Waals surface area contributed by atoms with Gasteiger partial charge in [-0.3, -0.25) is 0 Å².